The quantitative estimate of drug-likeness (QED) is 0.773. The first-order valence-electron chi connectivity index (χ1n) is 8.59. The van der Waals surface area contributed by atoms with E-state index in [1.807, 2.05) is 30.3 Å². The Hall–Kier alpha value is -2.86. The highest BCUT2D eigenvalue weighted by atomic mass is 16.5. The number of para-hydroxylation sites is 1. The predicted molar refractivity (Wildman–Crippen MR) is 95.2 cm³/mol. The number of benzene rings is 2. The number of hydrogen-bond donors (Lipinski definition) is 1. The first-order chi connectivity index (χ1) is 12.7. The summed E-state index contributed by atoms with van der Waals surface area (Å²) in [6.45, 7) is 0.870. The lowest BCUT2D eigenvalue weighted by atomic mass is 10.2. The van der Waals surface area contributed by atoms with Crippen LogP contribution in [0.4, 0.5) is 0 Å². The minimum atomic E-state index is -0.552. The molecule has 2 aromatic carbocycles. The van der Waals surface area contributed by atoms with Crippen LogP contribution < -0.4 is 10.1 Å². The second-order valence-corrected chi connectivity index (χ2v) is 5.95. The van der Waals surface area contributed by atoms with Crippen LogP contribution in [0.15, 0.2) is 54.6 Å². The van der Waals surface area contributed by atoms with Crippen molar-refractivity contribution in [1.82, 2.24) is 5.32 Å². The minimum absolute atomic E-state index is 0.0619. The van der Waals surface area contributed by atoms with Crippen molar-refractivity contribution in [2.75, 3.05) is 19.8 Å². The molecule has 0 bridgehead atoms. The molecule has 1 fully saturated rings. The third-order valence-corrected chi connectivity index (χ3v) is 3.95. The molecule has 3 rings (SSSR count). The highest BCUT2D eigenvalue weighted by Crippen LogP contribution is 2.21. The van der Waals surface area contributed by atoms with E-state index in [2.05, 4.69) is 5.32 Å². The van der Waals surface area contributed by atoms with Crippen LogP contribution in [0.5, 0.6) is 11.5 Å². The summed E-state index contributed by atoms with van der Waals surface area (Å²) in [5, 5.41) is 2.71. The van der Waals surface area contributed by atoms with Gasteiger partial charge in [-0.2, -0.15) is 0 Å². The molecule has 0 unspecified atom stereocenters. The number of carbonyl (C=O) groups is 2. The second kappa shape index (κ2) is 9.01. The fraction of sp³-hybridized carbons (Fsp3) is 0.300. The van der Waals surface area contributed by atoms with E-state index in [1.54, 1.807) is 24.3 Å². The molecule has 1 N–H and O–H groups in total. The summed E-state index contributed by atoms with van der Waals surface area (Å²) in [6, 6.07) is 15.9. The molecule has 26 heavy (non-hydrogen) atoms. The Balaban J connectivity index is 1.43. The van der Waals surface area contributed by atoms with Crippen LogP contribution in [0.3, 0.4) is 0 Å². The van der Waals surface area contributed by atoms with E-state index in [-0.39, 0.29) is 18.6 Å². The maximum absolute atomic E-state index is 12.0. The van der Waals surface area contributed by atoms with Gasteiger partial charge in [-0.15, -0.1) is 0 Å². The Labute approximate surface area is 152 Å². The SMILES string of the molecule is O=C(COC(=O)c1ccc(Oc2ccccc2)cc1)NC[C@@H]1CCCO1. The highest BCUT2D eigenvalue weighted by Gasteiger charge is 2.17. The summed E-state index contributed by atoms with van der Waals surface area (Å²) in [5.74, 6) is 0.439. The Morgan fingerprint density at radius 2 is 1.77 bits per heavy atom. The molecule has 0 saturated carbocycles. The van der Waals surface area contributed by atoms with Crippen molar-refractivity contribution in [3.05, 3.63) is 60.2 Å². The fourth-order valence-electron chi connectivity index (χ4n) is 2.58. The van der Waals surface area contributed by atoms with E-state index in [1.165, 1.54) is 0 Å². The molecule has 6 heteroatoms. The Bertz CT molecular complexity index is 724. The summed E-state index contributed by atoms with van der Waals surface area (Å²) in [4.78, 5) is 23.7. The molecule has 0 spiro atoms. The predicted octanol–water partition coefficient (Wildman–Crippen LogP) is 2.93. The van der Waals surface area contributed by atoms with Gasteiger partial charge in [0.25, 0.3) is 5.91 Å². The zero-order chi connectivity index (χ0) is 18.2. The molecule has 6 nitrogen and oxygen atoms in total. The molecule has 0 aliphatic carbocycles. The van der Waals surface area contributed by atoms with Crippen LogP contribution >= 0.6 is 0 Å². The molecular weight excluding hydrogens is 334 g/mol. The van der Waals surface area contributed by atoms with E-state index in [0.29, 0.717) is 23.6 Å². The van der Waals surface area contributed by atoms with Gasteiger partial charge in [-0.05, 0) is 49.2 Å². The summed E-state index contributed by atoms with van der Waals surface area (Å²) < 4.78 is 16.1. The monoisotopic (exact) mass is 355 g/mol. The molecule has 1 heterocycles. The van der Waals surface area contributed by atoms with Crippen molar-refractivity contribution in [2.45, 2.75) is 18.9 Å². The van der Waals surface area contributed by atoms with Gasteiger partial charge < -0.3 is 19.5 Å². The van der Waals surface area contributed by atoms with Gasteiger partial charge in [-0.3, -0.25) is 4.79 Å². The molecular formula is C20H21NO5. The second-order valence-electron chi connectivity index (χ2n) is 5.95. The summed E-state index contributed by atoms with van der Waals surface area (Å²) >= 11 is 0. The van der Waals surface area contributed by atoms with Crippen LogP contribution in [0.25, 0.3) is 0 Å². The van der Waals surface area contributed by atoms with E-state index >= 15 is 0 Å². The average Bonchev–Trinajstić information content (AvgIpc) is 3.19. The topological polar surface area (TPSA) is 73.9 Å². The number of rotatable bonds is 7. The number of ether oxygens (including phenoxy) is 3. The summed E-state index contributed by atoms with van der Waals surface area (Å²) in [7, 11) is 0. The van der Waals surface area contributed by atoms with Crippen molar-refractivity contribution in [1.29, 1.82) is 0 Å². The normalized spacial score (nSPS) is 16.1. The van der Waals surface area contributed by atoms with E-state index in [9.17, 15) is 9.59 Å². The van der Waals surface area contributed by atoms with Gasteiger partial charge in [-0.1, -0.05) is 18.2 Å². The zero-order valence-electron chi connectivity index (χ0n) is 14.4. The van der Waals surface area contributed by atoms with E-state index in [0.717, 1.165) is 19.4 Å². The lowest BCUT2D eigenvalue weighted by Gasteiger charge is -2.11. The van der Waals surface area contributed by atoms with Crippen LogP contribution in [0, 0.1) is 0 Å². The van der Waals surface area contributed by atoms with Crippen molar-refractivity contribution in [3.8, 4) is 11.5 Å². The zero-order valence-corrected chi connectivity index (χ0v) is 14.4. The van der Waals surface area contributed by atoms with Gasteiger partial charge in [-0.25, -0.2) is 4.79 Å². The maximum atomic E-state index is 12.0. The van der Waals surface area contributed by atoms with Crippen LogP contribution in [-0.4, -0.2) is 37.7 Å². The van der Waals surface area contributed by atoms with Gasteiger partial charge in [0, 0.05) is 13.2 Å². The molecule has 1 amide bonds. The molecule has 136 valence electrons. The van der Waals surface area contributed by atoms with E-state index < -0.39 is 5.97 Å². The van der Waals surface area contributed by atoms with Gasteiger partial charge in [0.2, 0.25) is 0 Å². The standard InChI is InChI=1S/C20H21NO5/c22-19(21-13-18-7-4-12-24-18)14-25-20(23)15-8-10-17(11-9-15)26-16-5-2-1-3-6-16/h1-3,5-6,8-11,18H,4,7,12-14H2,(H,21,22)/t18-/m0/s1. The van der Waals surface area contributed by atoms with Crippen molar-refractivity contribution in [2.24, 2.45) is 0 Å². The average molecular weight is 355 g/mol. The third-order valence-electron chi connectivity index (χ3n) is 3.95. The van der Waals surface area contributed by atoms with Gasteiger partial charge >= 0.3 is 5.97 Å². The first kappa shape index (κ1) is 17.9. The maximum Gasteiger partial charge on any atom is 0.338 e. The van der Waals surface area contributed by atoms with Crippen LogP contribution in [-0.2, 0) is 14.3 Å². The Morgan fingerprint density at radius 3 is 2.46 bits per heavy atom. The smallest absolute Gasteiger partial charge is 0.338 e. The molecule has 1 aliphatic rings. The highest BCUT2D eigenvalue weighted by molar-refractivity contribution is 5.91. The Kier molecular flexibility index (Phi) is 6.22. The molecule has 0 aromatic heterocycles. The van der Waals surface area contributed by atoms with Gasteiger partial charge in [0.1, 0.15) is 11.5 Å². The summed E-state index contributed by atoms with van der Waals surface area (Å²) in [5.41, 5.74) is 0.359. The molecule has 1 atom stereocenters. The summed E-state index contributed by atoms with van der Waals surface area (Å²) in [6.07, 6.45) is 2.02. The molecule has 1 saturated heterocycles. The van der Waals surface area contributed by atoms with Crippen molar-refractivity contribution < 1.29 is 23.8 Å². The van der Waals surface area contributed by atoms with Crippen LogP contribution in [0.2, 0.25) is 0 Å². The lowest BCUT2D eigenvalue weighted by Crippen LogP contribution is -2.34. The van der Waals surface area contributed by atoms with Gasteiger partial charge in [0.05, 0.1) is 11.7 Å². The van der Waals surface area contributed by atoms with E-state index in [4.69, 9.17) is 14.2 Å². The van der Waals surface area contributed by atoms with Gasteiger partial charge in [0.15, 0.2) is 6.61 Å². The molecule has 0 radical (unpaired) electrons. The number of esters is 1. The lowest BCUT2D eigenvalue weighted by molar-refractivity contribution is -0.124. The Morgan fingerprint density at radius 1 is 1.04 bits per heavy atom. The number of nitrogens with one attached hydrogen (secondary N) is 1. The fourth-order valence-corrected chi connectivity index (χ4v) is 2.58. The first-order valence-corrected chi connectivity index (χ1v) is 8.59. The van der Waals surface area contributed by atoms with Crippen molar-refractivity contribution in [3.63, 3.8) is 0 Å². The minimum Gasteiger partial charge on any atom is -0.457 e. The molecule has 2 aromatic rings. The largest absolute Gasteiger partial charge is 0.457 e. The van der Waals surface area contributed by atoms with Crippen LogP contribution in [0.1, 0.15) is 23.2 Å². The molecule has 1 aliphatic heterocycles. The third kappa shape index (κ3) is 5.32. The number of carbonyl (C=O) groups excluding carboxylic acids is 2. The number of amides is 1. The van der Waals surface area contributed by atoms with Crippen molar-refractivity contribution >= 4 is 11.9 Å². The number of hydrogen-bond acceptors (Lipinski definition) is 5.